The Balaban J connectivity index is 1.61. The molecule has 0 saturated heterocycles. The number of benzene rings is 2. The van der Waals surface area contributed by atoms with Crippen molar-refractivity contribution in [3.8, 4) is 0 Å². The van der Waals surface area contributed by atoms with E-state index in [2.05, 4.69) is 31.3 Å². The number of hydrogen-bond acceptors (Lipinski definition) is 4. The summed E-state index contributed by atoms with van der Waals surface area (Å²) in [7, 11) is -3.44. The molecule has 172 valence electrons. The van der Waals surface area contributed by atoms with E-state index in [0.29, 0.717) is 22.6 Å². The molecule has 2 aromatic rings. The molecule has 0 aromatic heterocycles. The lowest BCUT2D eigenvalue weighted by atomic mass is 9.72. The summed E-state index contributed by atoms with van der Waals surface area (Å²) in [5.74, 6) is 0.428. The number of anilines is 1. The highest BCUT2D eigenvalue weighted by Crippen LogP contribution is 2.36. The first-order chi connectivity index (χ1) is 15.0. The van der Waals surface area contributed by atoms with Crippen LogP contribution in [-0.2, 0) is 16.6 Å². The van der Waals surface area contributed by atoms with Crippen molar-refractivity contribution in [1.29, 1.82) is 0 Å². The Labute approximate surface area is 191 Å². The van der Waals surface area contributed by atoms with Crippen LogP contribution < -0.4 is 9.73 Å². The summed E-state index contributed by atoms with van der Waals surface area (Å²) in [6.45, 7) is 7.03. The molecule has 3 rings (SSSR count). The van der Waals surface area contributed by atoms with Crippen molar-refractivity contribution in [3.05, 3.63) is 65.7 Å². The van der Waals surface area contributed by atoms with Crippen molar-refractivity contribution in [1.82, 2.24) is 5.43 Å². The number of rotatable bonds is 6. The quantitative estimate of drug-likeness (QED) is 0.624. The third-order valence-electron chi connectivity index (χ3n) is 6.09. The molecule has 1 saturated carbocycles. The van der Waals surface area contributed by atoms with Gasteiger partial charge in [-0.3, -0.25) is 9.10 Å². The molecule has 0 heterocycles. The molecule has 2 aromatic carbocycles. The van der Waals surface area contributed by atoms with E-state index in [1.807, 2.05) is 6.07 Å². The molecule has 0 atom stereocenters. The molecule has 0 bridgehead atoms. The van der Waals surface area contributed by atoms with E-state index in [9.17, 15) is 13.2 Å². The summed E-state index contributed by atoms with van der Waals surface area (Å²) in [6.07, 6.45) is 5.23. The molecule has 1 fully saturated rings. The molecule has 7 heteroatoms. The number of para-hydroxylation sites is 1. The maximum Gasteiger partial charge on any atom is 0.271 e. The van der Waals surface area contributed by atoms with E-state index < -0.39 is 10.0 Å². The monoisotopic (exact) mass is 455 g/mol. The second-order valence-corrected chi connectivity index (χ2v) is 11.5. The van der Waals surface area contributed by atoms with Crippen molar-refractivity contribution in [2.45, 2.75) is 53.0 Å². The van der Waals surface area contributed by atoms with Crippen LogP contribution in [0.4, 0.5) is 5.69 Å². The summed E-state index contributed by atoms with van der Waals surface area (Å²) in [5.41, 5.74) is 5.92. The lowest BCUT2D eigenvalue weighted by Crippen LogP contribution is -2.29. The molecule has 1 amide bonds. The lowest BCUT2D eigenvalue weighted by Gasteiger charge is -2.34. The summed E-state index contributed by atoms with van der Waals surface area (Å²) in [6, 6.07) is 15.9. The fourth-order valence-corrected chi connectivity index (χ4v) is 4.93. The zero-order valence-corrected chi connectivity index (χ0v) is 20.2. The van der Waals surface area contributed by atoms with Crippen LogP contribution >= 0.6 is 0 Å². The Morgan fingerprint density at radius 3 is 2.16 bits per heavy atom. The van der Waals surface area contributed by atoms with Gasteiger partial charge in [0.15, 0.2) is 0 Å². The van der Waals surface area contributed by atoms with Gasteiger partial charge in [0.05, 0.1) is 18.5 Å². The van der Waals surface area contributed by atoms with Gasteiger partial charge in [-0.25, -0.2) is 13.8 Å². The number of hydrazone groups is 1. The van der Waals surface area contributed by atoms with E-state index >= 15 is 0 Å². The predicted molar refractivity (Wildman–Crippen MR) is 130 cm³/mol. The van der Waals surface area contributed by atoms with Crippen LogP contribution in [0.25, 0.3) is 0 Å². The molecule has 32 heavy (non-hydrogen) atoms. The molecular weight excluding hydrogens is 422 g/mol. The molecule has 0 radical (unpaired) electrons. The number of sulfonamides is 1. The number of nitrogens with one attached hydrogen (secondary N) is 1. The van der Waals surface area contributed by atoms with Gasteiger partial charge in [0.25, 0.3) is 5.91 Å². The Morgan fingerprint density at radius 2 is 1.62 bits per heavy atom. The van der Waals surface area contributed by atoms with Crippen molar-refractivity contribution >= 4 is 27.3 Å². The van der Waals surface area contributed by atoms with Gasteiger partial charge in [0, 0.05) is 11.3 Å². The summed E-state index contributed by atoms with van der Waals surface area (Å²) < 4.78 is 25.9. The minimum atomic E-state index is -3.44. The maximum absolute atomic E-state index is 12.5. The molecule has 6 nitrogen and oxygen atoms in total. The molecule has 0 unspecified atom stereocenters. The Bertz CT molecular complexity index is 1050. The molecule has 1 aliphatic rings. The van der Waals surface area contributed by atoms with E-state index in [1.54, 1.807) is 48.5 Å². The first-order valence-corrected chi connectivity index (χ1v) is 12.9. The Hall–Kier alpha value is -2.67. The van der Waals surface area contributed by atoms with Crippen LogP contribution in [-0.4, -0.2) is 26.3 Å². The minimum Gasteiger partial charge on any atom is -0.267 e. The topological polar surface area (TPSA) is 78.8 Å². The van der Waals surface area contributed by atoms with Crippen molar-refractivity contribution in [2.24, 2.45) is 16.4 Å². The Morgan fingerprint density at radius 1 is 1.03 bits per heavy atom. The Kier molecular flexibility index (Phi) is 7.39. The van der Waals surface area contributed by atoms with E-state index in [1.165, 1.54) is 10.6 Å². The highest BCUT2D eigenvalue weighted by Gasteiger charge is 2.28. The normalized spacial score (nSPS) is 17.0. The highest BCUT2D eigenvalue weighted by molar-refractivity contribution is 7.92. The lowest BCUT2D eigenvalue weighted by molar-refractivity contribution is 0.0954. The SMILES string of the molecule is CC(C)(C)C1CCC(=NNC(=O)c2ccc(CN(c3ccccc3)S(C)(=O)=O)cc2)CC1. The third-order valence-corrected chi connectivity index (χ3v) is 7.23. The van der Waals surface area contributed by atoms with E-state index in [-0.39, 0.29) is 12.5 Å². The number of carbonyl (C=O) groups is 1. The van der Waals surface area contributed by atoms with Crippen LogP contribution in [0.1, 0.15) is 62.4 Å². The fourth-order valence-electron chi connectivity index (χ4n) is 4.04. The average molecular weight is 456 g/mol. The number of carbonyl (C=O) groups excluding carboxylic acids is 1. The third kappa shape index (κ3) is 6.42. The van der Waals surface area contributed by atoms with Gasteiger partial charge in [-0.05, 0) is 66.8 Å². The predicted octanol–water partition coefficient (Wildman–Crippen LogP) is 4.97. The molecule has 0 aliphatic heterocycles. The van der Waals surface area contributed by atoms with Crippen molar-refractivity contribution in [3.63, 3.8) is 0 Å². The number of hydrogen-bond donors (Lipinski definition) is 1. The first-order valence-electron chi connectivity index (χ1n) is 11.0. The maximum atomic E-state index is 12.5. The van der Waals surface area contributed by atoms with Gasteiger partial charge in [-0.2, -0.15) is 5.10 Å². The van der Waals surface area contributed by atoms with Gasteiger partial charge in [-0.1, -0.05) is 51.1 Å². The summed E-state index contributed by atoms with van der Waals surface area (Å²) in [4.78, 5) is 12.5. The molecule has 0 spiro atoms. The minimum absolute atomic E-state index is 0.196. The zero-order valence-electron chi connectivity index (χ0n) is 19.3. The second kappa shape index (κ2) is 9.86. The van der Waals surface area contributed by atoms with Crippen LogP contribution in [0.15, 0.2) is 59.7 Å². The molecular formula is C25H33N3O3S. The number of amides is 1. The van der Waals surface area contributed by atoms with Crippen LogP contribution in [0.2, 0.25) is 0 Å². The van der Waals surface area contributed by atoms with Gasteiger partial charge in [0.2, 0.25) is 10.0 Å². The van der Waals surface area contributed by atoms with Crippen molar-refractivity contribution in [2.75, 3.05) is 10.6 Å². The van der Waals surface area contributed by atoms with Gasteiger partial charge in [0.1, 0.15) is 0 Å². The molecule has 1 aliphatic carbocycles. The van der Waals surface area contributed by atoms with Crippen LogP contribution in [0, 0.1) is 11.3 Å². The second-order valence-electron chi connectivity index (χ2n) is 9.56. The van der Waals surface area contributed by atoms with Crippen molar-refractivity contribution < 1.29 is 13.2 Å². The highest BCUT2D eigenvalue weighted by atomic mass is 32.2. The largest absolute Gasteiger partial charge is 0.271 e. The van der Waals surface area contributed by atoms with Gasteiger partial charge < -0.3 is 0 Å². The van der Waals surface area contributed by atoms with Gasteiger partial charge in [-0.15, -0.1) is 0 Å². The average Bonchev–Trinajstić information content (AvgIpc) is 2.75. The first kappa shape index (κ1) is 24.0. The van der Waals surface area contributed by atoms with Crippen LogP contribution in [0.3, 0.4) is 0 Å². The zero-order chi connectivity index (χ0) is 23.4. The number of nitrogens with zero attached hydrogens (tertiary/aromatic N) is 2. The van der Waals surface area contributed by atoms with Crippen LogP contribution in [0.5, 0.6) is 0 Å². The van der Waals surface area contributed by atoms with Gasteiger partial charge >= 0.3 is 0 Å². The fraction of sp³-hybridized carbons (Fsp3) is 0.440. The van der Waals surface area contributed by atoms with E-state index in [4.69, 9.17) is 0 Å². The smallest absolute Gasteiger partial charge is 0.267 e. The van der Waals surface area contributed by atoms with E-state index in [0.717, 1.165) is 37.0 Å². The summed E-state index contributed by atoms with van der Waals surface area (Å²) >= 11 is 0. The standard InChI is InChI=1S/C25H33N3O3S/c1-25(2,3)21-14-16-22(17-15-21)26-27-24(29)20-12-10-19(11-13-20)18-28(32(4,30)31)23-8-6-5-7-9-23/h5-13,21H,14-18H2,1-4H3,(H,27,29). The summed E-state index contributed by atoms with van der Waals surface area (Å²) in [5, 5.41) is 4.35. The molecule has 1 N–H and O–H groups in total.